The molecule has 1 aliphatic heterocycles. The summed E-state index contributed by atoms with van der Waals surface area (Å²) in [6.45, 7) is 8.30. The van der Waals surface area contributed by atoms with Crippen LogP contribution >= 0.6 is 0 Å². The molecule has 0 spiro atoms. The Morgan fingerprint density at radius 1 is 1.25 bits per heavy atom. The molecule has 134 valence electrons. The fourth-order valence-electron chi connectivity index (χ4n) is 2.85. The molecule has 0 bridgehead atoms. The number of morpholine rings is 1. The van der Waals surface area contributed by atoms with Gasteiger partial charge in [0.05, 0.1) is 20.3 Å². The van der Waals surface area contributed by atoms with Crippen molar-refractivity contribution in [3.05, 3.63) is 24.3 Å². The molecule has 1 unspecified atom stereocenters. The number of carbonyl (C=O) groups excluding carboxylic acids is 1. The Morgan fingerprint density at radius 3 is 2.54 bits per heavy atom. The minimum Gasteiger partial charge on any atom is -0.493 e. The van der Waals surface area contributed by atoms with Gasteiger partial charge in [0.25, 0.3) is 5.91 Å². The molecule has 2 rings (SSSR count). The predicted octanol–water partition coefficient (Wildman–Crippen LogP) is 1.55. The lowest BCUT2D eigenvalue weighted by Gasteiger charge is -2.36. The monoisotopic (exact) mass is 336 g/mol. The van der Waals surface area contributed by atoms with Crippen molar-refractivity contribution >= 4 is 5.91 Å². The van der Waals surface area contributed by atoms with E-state index in [4.69, 9.17) is 14.2 Å². The van der Waals surface area contributed by atoms with Gasteiger partial charge in [-0.25, -0.2) is 0 Å². The molecule has 0 aromatic heterocycles. The summed E-state index contributed by atoms with van der Waals surface area (Å²) in [6, 6.07) is 7.62. The lowest BCUT2D eigenvalue weighted by atomic mass is 10.0. The van der Waals surface area contributed by atoms with Crippen LogP contribution in [-0.2, 0) is 9.53 Å². The van der Waals surface area contributed by atoms with E-state index in [2.05, 4.69) is 24.1 Å². The highest BCUT2D eigenvalue weighted by molar-refractivity contribution is 5.77. The third-order valence-electron chi connectivity index (χ3n) is 4.22. The Hall–Kier alpha value is -1.79. The van der Waals surface area contributed by atoms with Gasteiger partial charge in [0, 0.05) is 25.7 Å². The maximum atomic E-state index is 12.1. The van der Waals surface area contributed by atoms with E-state index in [1.165, 1.54) is 0 Å². The average Bonchev–Trinajstić information content (AvgIpc) is 2.61. The molecular formula is C18H28N2O4. The number of benzene rings is 1. The van der Waals surface area contributed by atoms with Crippen LogP contribution in [0, 0.1) is 5.92 Å². The predicted molar refractivity (Wildman–Crippen MR) is 92.5 cm³/mol. The SMILES string of the molecule is COc1ccccc1OCC(=O)NCC(C(C)C)N1CCOCC1. The largest absolute Gasteiger partial charge is 0.493 e. The van der Waals surface area contributed by atoms with Crippen LogP contribution in [0.4, 0.5) is 0 Å². The average molecular weight is 336 g/mol. The van der Waals surface area contributed by atoms with Crippen LogP contribution in [0.1, 0.15) is 13.8 Å². The molecular weight excluding hydrogens is 308 g/mol. The first-order chi connectivity index (χ1) is 11.6. The Bertz CT molecular complexity index is 515. The number of ether oxygens (including phenoxy) is 3. The Morgan fingerprint density at radius 2 is 1.92 bits per heavy atom. The summed E-state index contributed by atoms with van der Waals surface area (Å²) in [5.41, 5.74) is 0. The van der Waals surface area contributed by atoms with Gasteiger partial charge >= 0.3 is 0 Å². The fraction of sp³-hybridized carbons (Fsp3) is 0.611. The van der Waals surface area contributed by atoms with Gasteiger partial charge in [0.15, 0.2) is 18.1 Å². The molecule has 1 amide bonds. The first kappa shape index (κ1) is 18.5. The molecule has 1 fully saturated rings. The fourth-order valence-corrected chi connectivity index (χ4v) is 2.85. The Labute approximate surface area is 144 Å². The number of methoxy groups -OCH3 is 1. The van der Waals surface area contributed by atoms with Crippen LogP contribution in [0.25, 0.3) is 0 Å². The summed E-state index contributed by atoms with van der Waals surface area (Å²) in [4.78, 5) is 14.5. The Balaban J connectivity index is 1.80. The number of hydrogen-bond acceptors (Lipinski definition) is 5. The van der Waals surface area contributed by atoms with Crippen LogP contribution in [0.3, 0.4) is 0 Å². The van der Waals surface area contributed by atoms with E-state index in [9.17, 15) is 4.79 Å². The standard InChI is InChI=1S/C18H28N2O4/c1-14(2)15(20-8-10-23-11-9-20)12-19-18(21)13-24-17-7-5-4-6-16(17)22-3/h4-7,14-15H,8-13H2,1-3H3,(H,19,21). The van der Waals surface area contributed by atoms with Crippen LogP contribution in [0.2, 0.25) is 0 Å². The van der Waals surface area contributed by atoms with Gasteiger partial charge in [-0.2, -0.15) is 0 Å². The normalized spacial score (nSPS) is 16.7. The number of para-hydroxylation sites is 2. The molecule has 1 aromatic rings. The summed E-state index contributed by atoms with van der Waals surface area (Å²) in [7, 11) is 1.58. The minimum atomic E-state index is -0.125. The van der Waals surface area contributed by atoms with E-state index in [1.54, 1.807) is 19.2 Å². The van der Waals surface area contributed by atoms with Crippen molar-refractivity contribution in [2.24, 2.45) is 5.92 Å². The quantitative estimate of drug-likeness (QED) is 0.780. The second kappa shape index (κ2) is 9.49. The molecule has 0 saturated carbocycles. The van der Waals surface area contributed by atoms with Gasteiger partial charge in [-0.3, -0.25) is 9.69 Å². The first-order valence-electron chi connectivity index (χ1n) is 8.46. The number of carbonyl (C=O) groups is 1. The van der Waals surface area contributed by atoms with Crippen molar-refractivity contribution in [3.63, 3.8) is 0 Å². The smallest absolute Gasteiger partial charge is 0.257 e. The number of nitrogens with zero attached hydrogens (tertiary/aromatic N) is 1. The maximum Gasteiger partial charge on any atom is 0.257 e. The molecule has 1 saturated heterocycles. The van der Waals surface area contributed by atoms with E-state index in [0.717, 1.165) is 26.3 Å². The summed E-state index contributed by atoms with van der Waals surface area (Å²) < 4.78 is 16.2. The highest BCUT2D eigenvalue weighted by Gasteiger charge is 2.24. The zero-order chi connectivity index (χ0) is 17.4. The Kier molecular flexibility index (Phi) is 7.34. The molecule has 6 heteroatoms. The van der Waals surface area contributed by atoms with Crippen molar-refractivity contribution in [3.8, 4) is 11.5 Å². The molecule has 1 aliphatic rings. The molecule has 0 radical (unpaired) electrons. The third-order valence-corrected chi connectivity index (χ3v) is 4.22. The number of rotatable bonds is 8. The zero-order valence-corrected chi connectivity index (χ0v) is 14.8. The van der Waals surface area contributed by atoms with Gasteiger partial charge in [-0.05, 0) is 18.1 Å². The van der Waals surface area contributed by atoms with Crippen molar-refractivity contribution < 1.29 is 19.0 Å². The number of nitrogens with one attached hydrogen (secondary N) is 1. The van der Waals surface area contributed by atoms with Crippen LogP contribution in [0.5, 0.6) is 11.5 Å². The van der Waals surface area contributed by atoms with Crippen molar-refractivity contribution in [1.82, 2.24) is 10.2 Å². The van der Waals surface area contributed by atoms with Crippen LogP contribution in [0.15, 0.2) is 24.3 Å². The summed E-state index contributed by atoms with van der Waals surface area (Å²) in [6.07, 6.45) is 0. The third kappa shape index (κ3) is 5.39. The van der Waals surface area contributed by atoms with E-state index in [-0.39, 0.29) is 12.5 Å². The molecule has 1 aromatic carbocycles. The highest BCUT2D eigenvalue weighted by atomic mass is 16.5. The minimum absolute atomic E-state index is 0.0195. The topological polar surface area (TPSA) is 60.0 Å². The number of amides is 1. The molecule has 1 heterocycles. The molecule has 6 nitrogen and oxygen atoms in total. The summed E-state index contributed by atoms with van der Waals surface area (Å²) in [5.74, 6) is 1.53. The van der Waals surface area contributed by atoms with Gasteiger partial charge in [-0.15, -0.1) is 0 Å². The van der Waals surface area contributed by atoms with Crippen molar-refractivity contribution in [2.45, 2.75) is 19.9 Å². The lowest BCUT2D eigenvalue weighted by Crippen LogP contribution is -2.51. The summed E-state index contributed by atoms with van der Waals surface area (Å²) >= 11 is 0. The highest BCUT2D eigenvalue weighted by Crippen LogP contribution is 2.25. The lowest BCUT2D eigenvalue weighted by molar-refractivity contribution is -0.123. The van der Waals surface area contributed by atoms with E-state index < -0.39 is 0 Å². The second-order valence-corrected chi connectivity index (χ2v) is 6.20. The van der Waals surface area contributed by atoms with Gasteiger partial charge < -0.3 is 19.5 Å². The molecule has 0 aliphatic carbocycles. The van der Waals surface area contributed by atoms with Gasteiger partial charge in [-0.1, -0.05) is 26.0 Å². The van der Waals surface area contributed by atoms with Gasteiger partial charge in [0.2, 0.25) is 0 Å². The molecule has 1 N–H and O–H groups in total. The van der Waals surface area contributed by atoms with E-state index >= 15 is 0 Å². The molecule has 1 atom stereocenters. The van der Waals surface area contributed by atoms with Crippen LogP contribution < -0.4 is 14.8 Å². The van der Waals surface area contributed by atoms with Crippen molar-refractivity contribution in [2.75, 3.05) is 46.6 Å². The second-order valence-electron chi connectivity index (χ2n) is 6.20. The van der Waals surface area contributed by atoms with Gasteiger partial charge in [0.1, 0.15) is 0 Å². The number of hydrogen-bond donors (Lipinski definition) is 1. The van der Waals surface area contributed by atoms with E-state index in [1.807, 2.05) is 12.1 Å². The van der Waals surface area contributed by atoms with E-state index in [0.29, 0.717) is 30.0 Å². The first-order valence-corrected chi connectivity index (χ1v) is 8.46. The maximum absolute atomic E-state index is 12.1. The summed E-state index contributed by atoms with van der Waals surface area (Å²) in [5, 5.41) is 2.98. The van der Waals surface area contributed by atoms with Crippen molar-refractivity contribution in [1.29, 1.82) is 0 Å². The molecule has 24 heavy (non-hydrogen) atoms. The zero-order valence-electron chi connectivity index (χ0n) is 14.8. The van der Waals surface area contributed by atoms with Crippen LogP contribution in [-0.4, -0.2) is 63.4 Å².